The highest BCUT2D eigenvalue weighted by atomic mass is 32.2. The molecule has 9 nitrogen and oxygen atoms in total. The molecule has 1 aromatic heterocycles. The molecule has 3 aromatic rings. The van der Waals surface area contributed by atoms with Crippen molar-refractivity contribution in [1.29, 1.82) is 0 Å². The van der Waals surface area contributed by atoms with Crippen LogP contribution in [0, 0.1) is 0 Å². The lowest BCUT2D eigenvalue weighted by Crippen LogP contribution is -2.35. The van der Waals surface area contributed by atoms with Crippen LogP contribution in [0.4, 0.5) is 11.4 Å². The molecule has 0 atom stereocenters. The summed E-state index contributed by atoms with van der Waals surface area (Å²) in [6, 6.07) is 9.17. The Labute approximate surface area is 167 Å². The van der Waals surface area contributed by atoms with Crippen LogP contribution >= 0.6 is 0 Å². The van der Waals surface area contributed by atoms with E-state index in [1.54, 1.807) is 25.2 Å². The smallest absolute Gasteiger partial charge is 0.408 e. The second-order valence-electron chi connectivity index (χ2n) is 6.91. The van der Waals surface area contributed by atoms with E-state index in [-0.39, 0.29) is 17.0 Å². The van der Waals surface area contributed by atoms with Crippen molar-refractivity contribution in [3.8, 4) is 0 Å². The second-order valence-corrected chi connectivity index (χ2v) is 10.5. The van der Waals surface area contributed by atoms with Crippen molar-refractivity contribution in [2.45, 2.75) is 17.7 Å². The molecule has 1 N–H and O–H groups in total. The monoisotopic (exact) mass is 437 g/mol. The number of hydrogen-bond acceptors (Lipinski definition) is 6. The number of oxazole rings is 1. The van der Waals surface area contributed by atoms with Gasteiger partial charge in [-0.05, 0) is 37.1 Å². The largest absolute Gasteiger partial charge is 0.419 e. The molecule has 1 aliphatic heterocycles. The zero-order chi connectivity index (χ0) is 21.0. The highest BCUT2D eigenvalue weighted by Gasteiger charge is 2.31. The van der Waals surface area contributed by atoms with Crippen molar-refractivity contribution in [2.24, 2.45) is 7.05 Å². The van der Waals surface area contributed by atoms with Gasteiger partial charge in [0.2, 0.25) is 10.0 Å². The standard InChI is InChI=1S/C18H19N3O6S2/c1-20-16-9-8-12(11-17(16)27-18(20)22)29(25,26)21-10-4-5-13-14(19-28(2,23)24)6-3-7-15(13)21/h3,6-9,11,19H,4-5,10H2,1-2H3. The molecule has 0 amide bonds. The second kappa shape index (κ2) is 6.63. The molecule has 29 heavy (non-hydrogen) atoms. The topological polar surface area (TPSA) is 119 Å². The van der Waals surface area contributed by atoms with Gasteiger partial charge in [0.15, 0.2) is 5.58 Å². The first-order chi connectivity index (χ1) is 13.6. The number of rotatable bonds is 4. The molecule has 1 aliphatic rings. The first-order valence-electron chi connectivity index (χ1n) is 8.80. The number of anilines is 2. The molecule has 0 saturated heterocycles. The highest BCUT2D eigenvalue weighted by Crippen LogP contribution is 2.36. The molecule has 4 rings (SSSR count). The number of hydrogen-bond donors (Lipinski definition) is 1. The van der Waals surface area contributed by atoms with Crippen LogP contribution in [0.5, 0.6) is 0 Å². The number of nitrogens with one attached hydrogen (secondary N) is 1. The molecule has 2 aromatic carbocycles. The average molecular weight is 437 g/mol. The average Bonchev–Trinajstić information content (AvgIpc) is 2.94. The van der Waals surface area contributed by atoms with Gasteiger partial charge in [0.05, 0.1) is 28.0 Å². The maximum atomic E-state index is 13.3. The van der Waals surface area contributed by atoms with Gasteiger partial charge in [-0.25, -0.2) is 21.6 Å². The SMILES string of the molecule is Cn1c(=O)oc2cc(S(=O)(=O)N3CCCc4c(NS(C)(=O)=O)cccc43)ccc21. The van der Waals surface area contributed by atoms with E-state index in [0.29, 0.717) is 35.3 Å². The van der Waals surface area contributed by atoms with Crippen LogP contribution in [0.3, 0.4) is 0 Å². The van der Waals surface area contributed by atoms with Crippen molar-refractivity contribution in [3.05, 3.63) is 52.5 Å². The quantitative estimate of drug-likeness (QED) is 0.663. The molecule has 154 valence electrons. The summed E-state index contributed by atoms with van der Waals surface area (Å²) in [7, 11) is -5.91. The Morgan fingerprint density at radius 1 is 1.10 bits per heavy atom. The van der Waals surface area contributed by atoms with Gasteiger partial charge in [0.25, 0.3) is 10.0 Å². The minimum absolute atomic E-state index is 0.00586. The summed E-state index contributed by atoms with van der Waals surface area (Å²) in [6.45, 7) is 0.258. The van der Waals surface area contributed by atoms with Crippen LogP contribution in [0.15, 0.2) is 50.5 Å². The molecule has 0 unspecified atom stereocenters. The fourth-order valence-electron chi connectivity index (χ4n) is 3.54. The van der Waals surface area contributed by atoms with Crippen LogP contribution in [-0.4, -0.2) is 34.2 Å². The number of benzene rings is 2. The van der Waals surface area contributed by atoms with Crippen LogP contribution < -0.4 is 14.8 Å². The molecular formula is C18H19N3O6S2. The van der Waals surface area contributed by atoms with Gasteiger partial charge in [-0.1, -0.05) is 6.07 Å². The Morgan fingerprint density at radius 2 is 1.86 bits per heavy atom. The Bertz CT molecular complexity index is 1390. The fourth-order valence-corrected chi connectivity index (χ4v) is 5.68. The molecule has 0 saturated carbocycles. The van der Waals surface area contributed by atoms with Gasteiger partial charge in [-0.3, -0.25) is 13.6 Å². The molecule has 0 fully saturated rings. The molecule has 0 bridgehead atoms. The van der Waals surface area contributed by atoms with Gasteiger partial charge < -0.3 is 4.42 Å². The highest BCUT2D eigenvalue weighted by molar-refractivity contribution is 7.93. The Morgan fingerprint density at radius 3 is 2.59 bits per heavy atom. The lowest BCUT2D eigenvalue weighted by molar-refractivity contribution is 0.527. The molecule has 0 aliphatic carbocycles. The van der Waals surface area contributed by atoms with E-state index in [0.717, 1.165) is 6.26 Å². The van der Waals surface area contributed by atoms with Crippen molar-refractivity contribution in [3.63, 3.8) is 0 Å². The predicted molar refractivity (Wildman–Crippen MR) is 109 cm³/mol. The van der Waals surface area contributed by atoms with E-state index in [4.69, 9.17) is 4.42 Å². The van der Waals surface area contributed by atoms with Gasteiger partial charge in [0.1, 0.15) is 0 Å². The summed E-state index contributed by atoms with van der Waals surface area (Å²) in [5, 5.41) is 0. The number of nitrogens with zero attached hydrogens (tertiary/aromatic N) is 2. The van der Waals surface area contributed by atoms with E-state index >= 15 is 0 Å². The van der Waals surface area contributed by atoms with Crippen molar-refractivity contribution in [1.82, 2.24) is 4.57 Å². The summed E-state index contributed by atoms with van der Waals surface area (Å²) in [5.74, 6) is -0.575. The zero-order valence-corrected chi connectivity index (χ0v) is 17.4. The Hall–Kier alpha value is -2.79. The summed E-state index contributed by atoms with van der Waals surface area (Å²) in [6.07, 6.45) is 2.14. The lowest BCUT2D eigenvalue weighted by Gasteiger charge is -2.31. The Kier molecular flexibility index (Phi) is 4.46. The van der Waals surface area contributed by atoms with E-state index in [1.165, 1.54) is 27.1 Å². The fraction of sp³-hybridized carbons (Fsp3) is 0.278. The van der Waals surface area contributed by atoms with Crippen LogP contribution in [0.1, 0.15) is 12.0 Å². The number of aryl methyl sites for hydroxylation is 1. The van der Waals surface area contributed by atoms with Crippen LogP contribution in [-0.2, 0) is 33.5 Å². The minimum Gasteiger partial charge on any atom is -0.408 e. The third-order valence-electron chi connectivity index (χ3n) is 4.86. The van der Waals surface area contributed by atoms with Crippen molar-refractivity contribution in [2.75, 3.05) is 21.8 Å². The molecule has 2 heterocycles. The number of fused-ring (bicyclic) bond motifs is 2. The molecular weight excluding hydrogens is 418 g/mol. The number of aromatic nitrogens is 1. The molecule has 0 spiro atoms. The normalized spacial score (nSPS) is 14.8. The van der Waals surface area contributed by atoms with Gasteiger partial charge in [-0.15, -0.1) is 0 Å². The summed E-state index contributed by atoms with van der Waals surface area (Å²) in [4.78, 5) is 11.7. The van der Waals surface area contributed by atoms with E-state index in [1.807, 2.05) is 0 Å². The third kappa shape index (κ3) is 3.40. The van der Waals surface area contributed by atoms with Crippen molar-refractivity contribution < 1.29 is 21.3 Å². The van der Waals surface area contributed by atoms with E-state index in [2.05, 4.69) is 4.72 Å². The van der Waals surface area contributed by atoms with Crippen molar-refractivity contribution >= 4 is 42.5 Å². The first kappa shape index (κ1) is 19.5. The summed E-state index contributed by atoms with van der Waals surface area (Å²) in [5.41, 5.74) is 2.10. The number of sulfonamides is 2. The van der Waals surface area contributed by atoms with Crippen LogP contribution in [0.25, 0.3) is 11.1 Å². The first-order valence-corrected chi connectivity index (χ1v) is 12.1. The van der Waals surface area contributed by atoms with E-state index < -0.39 is 25.8 Å². The zero-order valence-electron chi connectivity index (χ0n) is 15.7. The minimum atomic E-state index is -3.95. The van der Waals surface area contributed by atoms with Crippen LogP contribution in [0.2, 0.25) is 0 Å². The van der Waals surface area contributed by atoms with E-state index in [9.17, 15) is 21.6 Å². The maximum Gasteiger partial charge on any atom is 0.419 e. The van der Waals surface area contributed by atoms with Gasteiger partial charge >= 0.3 is 5.76 Å². The predicted octanol–water partition coefficient (Wildman–Crippen LogP) is 1.64. The van der Waals surface area contributed by atoms with Gasteiger partial charge in [-0.2, -0.15) is 0 Å². The van der Waals surface area contributed by atoms with Gasteiger partial charge in [0, 0.05) is 25.2 Å². The summed E-state index contributed by atoms with van der Waals surface area (Å²) >= 11 is 0. The molecule has 0 radical (unpaired) electrons. The third-order valence-corrected chi connectivity index (χ3v) is 7.25. The summed E-state index contributed by atoms with van der Waals surface area (Å²) < 4.78 is 60.1. The lowest BCUT2D eigenvalue weighted by atomic mass is 10.0. The molecule has 11 heteroatoms. The maximum absolute atomic E-state index is 13.3. The Balaban J connectivity index is 1.82.